The van der Waals surface area contributed by atoms with E-state index in [1.54, 1.807) is 0 Å². The zero-order chi connectivity index (χ0) is 13.8. The molecule has 1 rings (SSSR count). The Bertz CT molecular complexity index is 547. The van der Waals surface area contributed by atoms with Gasteiger partial charge in [-0.15, -0.1) is 9.42 Å². The number of aromatic nitrogens is 1. The fraction of sp³-hybridized carbons (Fsp3) is 0.375. The second-order valence-electron chi connectivity index (χ2n) is 3.27. The lowest BCUT2D eigenvalue weighted by Gasteiger charge is -2.08. The summed E-state index contributed by atoms with van der Waals surface area (Å²) in [5, 5.41) is 0. The van der Waals surface area contributed by atoms with E-state index < -0.39 is 18.3 Å². The number of methoxy groups -OCH3 is 1. The minimum absolute atomic E-state index is 0.0741. The highest BCUT2D eigenvalue weighted by Gasteiger charge is 2.16. The second-order valence-corrected chi connectivity index (χ2v) is 5.75. The lowest BCUT2D eigenvalue weighted by molar-refractivity contribution is 0.267. The van der Waals surface area contributed by atoms with E-state index in [-0.39, 0.29) is 12.4 Å². The molecule has 0 aromatic carbocycles. The summed E-state index contributed by atoms with van der Waals surface area (Å²) in [6.07, 6.45) is 2.27. The number of pyridine rings is 1. The maximum atomic E-state index is 11.0. The predicted octanol–water partition coefficient (Wildman–Crippen LogP) is 0.628. The molecule has 1 atom stereocenters. The van der Waals surface area contributed by atoms with Gasteiger partial charge in [-0.3, -0.25) is 4.72 Å². The Hall–Kier alpha value is -1.28. The highest BCUT2D eigenvalue weighted by molar-refractivity contribution is 7.92. The summed E-state index contributed by atoms with van der Waals surface area (Å²) in [4.78, 5) is 12.4. The zero-order valence-electron chi connectivity index (χ0n) is 9.65. The molecule has 0 aliphatic carbocycles. The summed E-state index contributed by atoms with van der Waals surface area (Å²) >= 11 is 0. The van der Waals surface area contributed by atoms with E-state index in [4.69, 9.17) is 9.63 Å². The van der Waals surface area contributed by atoms with Crippen LogP contribution in [0.1, 0.15) is 5.56 Å². The lowest BCUT2D eigenvalue weighted by atomic mass is 10.2. The first-order valence-electron chi connectivity index (χ1n) is 4.61. The fourth-order valence-electron chi connectivity index (χ4n) is 1.15. The molecule has 1 unspecified atom stereocenters. The van der Waals surface area contributed by atoms with Crippen molar-refractivity contribution in [2.75, 3.05) is 18.1 Å². The average Bonchev–Trinajstić information content (AvgIpc) is 2.24. The summed E-state index contributed by atoms with van der Waals surface area (Å²) in [6, 6.07) is 1.36. The molecule has 0 aliphatic rings. The van der Waals surface area contributed by atoms with Crippen molar-refractivity contribution in [2.45, 2.75) is 6.61 Å². The third-order valence-corrected chi connectivity index (χ3v) is 2.72. The summed E-state index contributed by atoms with van der Waals surface area (Å²) in [7, 11) is -4.80. The van der Waals surface area contributed by atoms with Crippen LogP contribution in [-0.2, 0) is 25.7 Å². The molecule has 0 fully saturated rings. The number of rotatable bonds is 6. The maximum absolute atomic E-state index is 11.0. The Morgan fingerprint density at radius 1 is 1.56 bits per heavy atom. The summed E-state index contributed by atoms with van der Waals surface area (Å²) < 4.78 is 44.2. The fourth-order valence-corrected chi connectivity index (χ4v) is 1.89. The van der Waals surface area contributed by atoms with Gasteiger partial charge in [-0.2, -0.15) is 0 Å². The Morgan fingerprint density at radius 3 is 2.72 bits per heavy atom. The van der Waals surface area contributed by atoms with Gasteiger partial charge in [0.2, 0.25) is 10.0 Å². The van der Waals surface area contributed by atoms with Crippen molar-refractivity contribution in [2.24, 2.45) is 0 Å². The third-order valence-electron chi connectivity index (χ3n) is 1.79. The van der Waals surface area contributed by atoms with Gasteiger partial charge in [-0.05, 0) is 6.07 Å². The smallest absolute Gasteiger partial charge is 0.495 e. The van der Waals surface area contributed by atoms with Crippen molar-refractivity contribution < 1.29 is 27.1 Å². The first kappa shape index (κ1) is 14.8. The van der Waals surface area contributed by atoms with Crippen molar-refractivity contribution in [3.63, 3.8) is 0 Å². The molecule has 2 N–H and O–H groups in total. The summed E-state index contributed by atoms with van der Waals surface area (Å²) in [6.45, 7) is -0.199. The molecule has 100 valence electrons. The van der Waals surface area contributed by atoms with Crippen LogP contribution >= 0.6 is 8.25 Å². The van der Waals surface area contributed by atoms with E-state index in [2.05, 4.69) is 14.2 Å². The van der Waals surface area contributed by atoms with E-state index in [0.29, 0.717) is 11.3 Å². The van der Waals surface area contributed by atoms with Crippen molar-refractivity contribution >= 4 is 24.1 Å². The largest absolute Gasteiger partial charge is 0.695 e. The Labute approximate surface area is 105 Å². The molecule has 0 spiro atoms. The molecule has 0 saturated carbocycles. The standard InChI is InChI=1S/C8H11N2O6PS/c1-15-7-4-9-8(10-18(2,13)14)3-6(7)5-16-17(11)12/h3-4H,5H2,1-2H3,(H-,9,10,11,12)/p+1. The number of nitrogens with zero attached hydrogens (tertiary/aromatic N) is 1. The number of nitrogens with one attached hydrogen (secondary N) is 1. The van der Waals surface area contributed by atoms with Gasteiger partial charge in [0.05, 0.1) is 19.6 Å². The van der Waals surface area contributed by atoms with Crippen LogP contribution in [0.5, 0.6) is 5.75 Å². The van der Waals surface area contributed by atoms with Crippen LogP contribution in [0.4, 0.5) is 5.82 Å². The van der Waals surface area contributed by atoms with E-state index in [1.807, 2.05) is 0 Å². The molecular formula is C8H12N2O6PS+. The van der Waals surface area contributed by atoms with Crippen molar-refractivity contribution in [1.29, 1.82) is 0 Å². The molecule has 1 heterocycles. The minimum atomic E-state index is -3.45. The number of anilines is 1. The number of hydrogen-bond acceptors (Lipinski definition) is 6. The summed E-state index contributed by atoms with van der Waals surface area (Å²) in [5.41, 5.74) is 0.399. The molecule has 18 heavy (non-hydrogen) atoms. The molecule has 0 bridgehead atoms. The SMILES string of the molecule is COc1cnc(NS(C)(=O)=O)cc1CO[P+](=O)O. The van der Waals surface area contributed by atoms with Crippen LogP contribution in [0, 0.1) is 0 Å². The Morgan fingerprint density at radius 2 is 2.22 bits per heavy atom. The molecule has 1 aromatic rings. The van der Waals surface area contributed by atoms with Crippen LogP contribution in [0.2, 0.25) is 0 Å². The Kier molecular flexibility index (Phi) is 4.97. The lowest BCUT2D eigenvalue weighted by Crippen LogP contribution is -2.11. The molecule has 0 radical (unpaired) electrons. The second kappa shape index (κ2) is 6.05. The molecule has 8 nitrogen and oxygen atoms in total. The highest BCUT2D eigenvalue weighted by atomic mass is 32.2. The molecule has 0 saturated heterocycles. The van der Waals surface area contributed by atoms with Crippen molar-refractivity contribution in [3.8, 4) is 5.75 Å². The van der Waals surface area contributed by atoms with Crippen LogP contribution in [-0.4, -0.2) is 31.7 Å². The number of ether oxygens (including phenoxy) is 1. The normalized spacial score (nSPS) is 12.1. The van der Waals surface area contributed by atoms with E-state index in [9.17, 15) is 13.0 Å². The number of hydrogen-bond donors (Lipinski definition) is 2. The quantitative estimate of drug-likeness (QED) is 0.739. The van der Waals surface area contributed by atoms with E-state index in [0.717, 1.165) is 6.26 Å². The first-order chi connectivity index (χ1) is 8.31. The van der Waals surface area contributed by atoms with E-state index in [1.165, 1.54) is 19.4 Å². The monoisotopic (exact) mass is 295 g/mol. The van der Waals surface area contributed by atoms with Gasteiger partial charge in [-0.25, -0.2) is 13.4 Å². The molecule has 0 aliphatic heterocycles. The molecule has 1 aromatic heterocycles. The topological polar surface area (TPSA) is 115 Å². The first-order valence-corrected chi connectivity index (χ1v) is 7.63. The van der Waals surface area contributed by atoms with Gasteiger partial charge in [0, 0.05) is 10.1 Å². The van der Waals surface area contributed by atoms with Gasteiger partial charge < -0.3 is 4.74 Å². The minimum Gasteiger partial charge on any atom is -0.495 e. The molecule has 0 amide bonds. The van der Waals surface area contributed by atoms with Crippen molar-refractivity contribution in [1.82, 2.24) is 4.98 Å². The predicted molar refractivity (Wildman–Crippen MR) is 63.9 cm³/mol. The van der Waals surface area contributed by atoms with Crippen LogP contribution in [0.15, 0.2) is 12.3 Å². The summed E-state index contributed by atoms with van der Waals surface area (Å²) in [5.74, 6) is 0.399. The van der Waals surface area contributed by atoms with Gasteiger partial charge in [-0.1, -0.05) is 0 Å². The third kappa shape index (κ3) is 4.92. The van der Waals surface area contributed by atoms with Crippen molar-refractivity contribution in [3.05, 3.63) is 17.8 Å². The number of sulfonamides is 1. The maximum Gasteiger partial charge on any atom is 0.695 e. The van der Waals surface area contributed by atoms with Crippen LogP contribution < -0.4 is 9.46 Å². The molecule has 10 heteroatoms. The average molecular weight is 295 g/mol. The van der Waals surface area contributed by atoms with Gasteiger partial charge in [0.15, 0.2) is 0 Å². The van der Waals surface area contributed by atoms with Crippen LogP contribution in [0.25, 0.3) is 0 Å². The van der Waals surface area contributed by atoms with E-state index >= 15 is 0 Å². The highest BCUT2D eigenvalue weighted by Crippen LogP contribution is 2.25. The Balaban J connectivity index is 2.97. The van der Waals surface area contributed by atoms with Crippen LogP contribution in [0.3, 0.4) is 0 Å². The zero-order valence-corrected chi connectivity index (χ0v) is 11.4. The van der Waals surface area contributed by atoms with Gasteiger partial charge in [0.1, 0.15) is 18.2 Å². The molecular weight excluding hydrogens is 283 g/mol. The van der Waals surface area contributed by atoms with Gasteiger partial charge in [0.25, 0.3) is 0 Å². The van der Waals surface area contributed by atoms with Gasteiger partial charge >= 0.3 is 8.25 Å².